The van der Waals surface area contributed by atoms with E-state index in [1.165, 1.54) is 6.07 Å². The molecule has 1 unspecified atom stereocenters. The van der Waals surface area contributed by atoms with Crippen LogP contribution in [0.25, 0.3) is 0 Å². The van der Waals surface area contributed by atoms with Crippen LogP contribution in [-0.2, 0) is 0 Å². The van der Waals surface area contributed by atoms with Crippen LogP contribution in [0.15, 0.2) is 48.5 Å². The largest absolute Gasteiger partial charge is 0.333 e. The average Bonchev–Trinajstić information content (AvgIpc) is 2.53. The third kappa shape index (κ3) is 3.46. The van der Waals surface area contributed by atoms with E-state index in [-0.39, 0.29) is 5.91 Å². The van der Waals surface area contributed by atoms with Gasteiger partial charge in [0.25, 0.3) is 5.91 Å². The summed E-state index contributed by atoms with van der Waals surface area (Å²) >= 11 is 0. The van der Waals surface area contributed by atoms with Gasteiger partial charge in [0, 0.05) is 5.56 Å². The number of nitrogens with zero attached hydrogens (tertiary/aromatic N) is 2. The molecule has 0 aliphatic rings. The summed E-state index contributed by atoms with van der Waals surface area (Å²) in [6.45, 7) is 1.96. The van der Waals surface area contributed by atoms with E-state index in [4.69, 9.17) is 5.26 Å². The van der Waals surface area contributed by atoms with Crippen molar-refractivity contribution >= 4 is 5.91 Å². The van der Waals surface area contributed by atoms with Crippen molar-refractivity contribution in [1.82, 2.24) is 5.32 Å². The van der Waals surface area contributed by atoms with Gasteiger partial charge >= 0.3 is 0 Å². The zero-order valence-corrected chi connectivity index (χ0v) is 11.5. The molecule has 2 aromatic carbocycles. The van der Waals surface area contributed by atoms with Crippen LogP contribution in [0, 0.1) is 29.6 Å². The number of nitriles is 2. The molecule has 0 radical (unpaired) electrons. The van der Waals surface area contributed by atoms with Crippen LogP contribution in [0.2, 0.25) is 0 Å². The second kappa shape index (κ2) is 6.36. The first kappa shape index (κ1) is 14.3. The van der Waals surface area contributed by atoms with Crippen molar-refractivity contribution in [3.63, 3.8) is 0 Å². The third-order valence-electron chi connectivity index (χ3n) is 3.07. The Morgan fingerprint density at radius 1 is 1.14 bits per heavy atom. The number of carbonyl (C=O) groups is 1. The first-order chi connectivity index (χ1) is 10.1. The van der Waals surface area contributed by atoms with Gasteiger partial charge in [0.1, 0.15) is 6.04 Å². The highest BCUT2D eigenvalue weighted by molar-refractivity contribution is 5.95. The van der Waals surface area contributed by atoms with E-state index < -0.39 is 6.04 Å². The lowest BCUT2D eigenvalue weighted by atomic mass is 10.1. The van der Waals surface area contributed by atoms with E-state index in [9.17, 15) is 10.1 Å². The Bertz CT molecular complexity index is 736. The summed E-state index contributed by atoms with van der Waals surface area (Å²) in [5.74, 6) is -0.376. The third-order valence-corrected chi connectivity index (χ3v) is 3.07. The lowest BCUT2D eigenvalue weighted by Crippen LogP contribution is -2.27. The second-order valence-corrected chi connectivity index (χ2v) is 4.64. The lowest BCUT2D eigenvalue weighted by Gasteiger charge is -2.12. The summed E-state index contributed by atoms with van der Waals surface area (Å²) in [6.07, 6.45) is 0. The van der Waals surface area contributed by atoms with Gasteiger partial charge in [-0.2, -0.15) is 10.5 Å². The maximum Gasteiger partial charge on any atom is 0.252 e. The second-order valence-electron chi connectivity index (χ2n) is 4.64. The maximum absolute atomic E-state index is 12.2. The fourth-order valence-electron chi connectivity index (χ4n) is 1.89. The van der Waals surface area contributed by atoms with Crippen LogP contribution >= 0.6 is 0 Å². The number of rotatable bonds is 3. The zero-order valence-electron chi connectivity index (χ0n) is 11.5. The standard InChI is InChI=1S/C17H13N3O/c1-12-5-7-14(8-6-12)16(11-19)20-17(21)15-4-2-3-13(9-15)10-18/h2-9,16H,1H3,(H,20,21). The van der Waals surface area contributed by atoms with Gasteiger partial charge in [0.2, 0.25) is 0 Å². The van der Waals surface area contributed by atoms with Crippen LogP contribution in [0.5, 0.6) is 0 Å². The van der Waals surface area contributed by atoms with Crippen LogP contribution in [0.4, 0.5) is 0 Å². The van der Waals surface area contributed by atoms with E-state index in [0.717, 1.165) is 11.1 Å². The number of amides is 1. The van der Waals surface area contributed by atoms with Crippen LogP contribution in [-0.4, -0.2) is 5.91 Å². The molecule has 1 atom stereocenters. The average molecular weight is 275 g/mol. The van der Waals surface area contributed by atoms with Gasteiger partial charge in [-0.25, -0.2) is 0 Å². The molecule has 0 bridgehead atoms. The molecule has 2 aromatic rings. The highest BCUT2D eigenvalue weighted by Gasteiger charge is 2.15. The van der Waals surface area contributed by atoms with Crippen molar-refractivity contribution in [3.8, 4) is 12.1 Å². The monoisotopic (exact) mass is 275 g/mol. The number of aryl methyl sites for hydroxylation is 1. The van der Waals surface area contributed by atoms with Crippen molar-refractivity contribution in [2.24, 2.45) is 0 Å². The van der Waals surface area contributed by atoms with E-state index in [1.54, 1.807) is 18.2 Å². The molecule has 0 saturated carbocycles. The molecule has 4 heteroatoms. The van der Waals surface area contributed by atoms with Gasteiger partial charge in [-0.1, -0.05) is 35.9 Å². The highest BCUT2D eigenvalue weighted by atomic mass is 16.1. The molecule has 0 heterocycles. The molecular weight excluding hydrogens is 262 g/mol. The van der Waals surface area contributed by atoms with Crippen molar-refractivity contribution in [2.45, 2.75) is 13.0 Å². The molecule has 0 spiro atoms. The SMILES string of the molecule is Cc1ccc(C(C#N)NC(=O)c2cccc(C#N)c2)cc1. The first-order valence-corrected chi connectivity index (χ1v) is 6.41. The van der Waals surface area contributed by atoms with Crippen LogP contribution in [0.3, 0.4) is 0 Å². The van der Waals surface area contributed by atoms with Crippen molar-refractivity contribution in [1.29, 1.82) is 10.5 Å². The number of carbonyl (C=O) groups excluding carboxylic acids is 1. The van der Waals surface area contributed by atoms with Crippen molar-refractivity contribution in [3.05, 3.63) is 70.8 Å². The molecular formula is C17H13N3O. The Morgan fingerprint density at radius 3 is 2.48 bits per heavy atom. The summed E-state index contributed by atoms with van der Waals surface area (Å²) in [7, 11) is 0. The van der Waals surface area contributed by atoms with Gasteiger partial charge in [-0.05, 0) is 30.7 Å². The predicted octanol–water partition coefficient (Wildman–Crippen LogP) is 2.86. The van der Waals surface area contributed by atoms with Crippen LogP contribution < -0.4 is 5.32 Å². The normalized spacial score (nSPS) is 11.0. The van der Waals surface area contributed by atoms with Crippen molar-refractivity contribution < 1.29 is 4.79 Å². The topological polar surface area (TPSA) is 76.7 Å². The Hall–Kier alpha value is -3.11. The lowest BCUT2D eigenvalue weighted by molar-refractivity contribution is 0.0945. The number of benzene rings is 2. The summed E-state index contributed by atoms with van der Waals surface area (Å²) in [5.41, 5.74) is 2.59. The van der Waals surface area contributed by atoms with E-state index in [1.807, 2.05) is 37.3 Å². The van der Waals surface area contributed by atoms with Crippen molar-refractivity contribution in [2.75, 3.05) is 0 Å². The zero-order chi connectivity index (χ0) is 15.2. The van der Waals surface area contributed by atoms with E-state index in [2.05, 4.69) is 11.4 Å². The number of hydrogen-bond donors (Lipinski definition) is 1. The van der Waals surface area contributed by atoms with Gasteiger partial charge in [0.15, 0.2) is 0 Å². The Morgan fingerprint density at radius 2 is 1.86 bits per heavy atom. The quantitative estimate of drug-likeness (QED) is 0.935. The smallest absolute Gasteiger partial charge is 0.252 e. The Balaban J connectivity index is 2.19. The summed E-state index contributed by atoms with van der Waals surface area (Å²) in [4.78, 5) is 12.2. The molecule has 0 aliphatic heterocycles. The maximum atomic E-state index is 12.2. The fraction of sp³-hybridized carbons (Fsp3) is 0.118. The highest BCUT2D eigenvalue weighted by Crippen LogP contribution is 2.14. The summed E-state index contributed by atoms with van der Waals surface area (Å²) in [5, 5.41) is 20.7. The molecule has 21 heavy (non-hydrogen) atoms. The number of hydrogen-bond acceptors (Lipinski definition) is 3. The predicted molar refractivity (Wildman–Crippen MR) is 78.2 cm³/mol. The first-order valence-electron chi connectivity index (χ1n) is 6.41. The molecule has 4 nitrogen and oxygen atoms in total. The molecule has 0 saturated heterocycles. The summed E-state index contributed by atoms with van der Waals surface area (Å²) in [6, 6.07) is 17.1. The van der Waals surface area contributed by atoms with Gasteiger partial charge in [-0.15, -0.1) is 0 Å². The molecule has 2 rings (SSSR count). The minimum absolute atomic E-state index is 0.362. The van der Waals surface area contributed by atoms with E-state index in [0.29, 0.717) is 11.1 Å². The molecule has 102 valence electrons. The van der Waals surface area contributed by atoms with Gasteiger partial charge in [0.05, 0.1) is 17.7 Å². The molecule has 1 N–H and O–H groups in total. The minimum atomic E-state index is -0.719. The van der Waals surface area contributed by atoms with Gasteiger partial charge < -0.3 is 5.32 Å². The summed E-state index contributed by atoms with van der Waals surface area (Å²) < 4.78 is 0. The minimum Gasteiger partial charge on any atom is -0.333 e. The van der Waals surface area contributed by atoms with Crippen LogP contribution in [0.1, 0.15) is 33.1 Å². The molecule has 0 aliphatic carbocycles. The Labute approximate surface area is 123 Å². The Kier molecular flexibility index (Phi) is 4.33. The molecule has 0 aromatic heterocycles. The van der Waals surface area contributed by atoms with E-state index >= 15 is 0 Å². The number of nitrogens with one attached hydrogen (secondary N) is 1. The van der Waals surface area contributed by atoms with Gasteiger partial charge in [-0.3, -0.25) is 4.79 Å². The molecule has 0 fully saturated rings. The fourth-order valence-corrected chi connectivity index (χ4v) is 1.89. The molecule has 1 amide bonds.